The van der Waals surface area contributed by atoms with Crippen LogP contribution in [0.4, 0.5) is 5.13 Å². The second kappa shape index (κ2) is 10.6. The molecule has 0 aliphatic heterocycles. The van der Waals surface area contributed by atoms with Gasteiger partial charge in [0, 0.05) is 22.2 Å². The highest BCUT2D eigenvalue weighted by Crippen LogP contribution is 2.30. The lowest BCUT2D eigenvalue weighted by Gasteiger charge is -2.15. The Morgan fingerprint density at radius 2 is 1.77 bits per heavy atom. The summed E-state index contributed by atoms with van der Waals surface area (Å²) < 4.78 is 5.48. The smallest absolute Gasteiger partial charge is 0.338 e. The lowest BCUT2D eigenvalue weighted by molar-refractivity contribution is -0.124. The Morgan fingerprint density at radius 3 is 2.40 bits per heavy atom. The van der Waals surface area contributed by atoms with Crippen molar-refractivity contribution < 1.29 is 14.3 Å². The molecule has 1 unspecified atom stereocenters. The lowest BCUT2D eigenvalue weighted by atomic mass is 10.1. The number of halogens is 2. The number of nitrogens with one attached hydrogen (secondary N) is 2. The quantitative estimate of drug-likeness (QED) is 0.260. The minimum absolute atomic E-state index is 0.311. The number of thiazole rings is 1. The number of H-pyrrole nitrogens is 1. The van der Waals surface area contributed by atoms with Crippen molar-refractivity contribution in [2.24, 2.45) is 0 Å². The van der Waals surface area contributed by atoms with E-state index in [1.807, 2.05) is 13.8 Å². The summed E-state index contributed by atoms with van der Waals surface area (Å²) in [6, 6.07) is 12.1. The molecule has 0 bridgehead atoms. The molecule has 0 saturated carbocycles. The average Bonchev–Trinajstić information content (AvgIpc) is 3.45. The molecule has 0 aliphatic carbocycles. The van der Waals surface area contributed by atoms with Gasteiger partial charge in [-0.2, -0.15) is 0 Å². The monoisotopic (exact) mass is 528 g/mol. The fourth-order valence-corrected chi connectivity index (χ4v) is 4.29. The van der Waals surface area contributed by atoms with E-state index >= 15 is 0 Å². The number of aryl methyl sites for hydroxylation is 2. The lowest BCUT2D eigenvalue weighted by Crippen LogP contribution is -2.32. The summed E-state index contributed by atoms with van der Waals surface area (Å²) in [6.45, 7) is 5.65. The highest BCUT2D eigenvalue weighted by Gasteiger charge is 2.23. The first kappa shape index (κ1) is 24.9. The van der Waals surface area contributed by atoms with E-state index in [-0.39, 0.29) is 0 Å². The summed E-state index contributed by atoms with van der Waals surface area (Å²) in [6.07, 6.45) is -0.652. The van der Waals surface area contributed by atoms with Crippen LogP contribution in [-0.4, -0.2) is 32.9 Å². The number of benzene rings is 2. The van der Waals surface area contributed by atoms with Crippen molar-refractivity contribution in [3.63, 3.8) is 0 Å². The number of rotatable bonds is 7. The van der Waals surface area contributed by atoms with Gasteiger partial charge in [0.2, 0.25) is 0 Å². The zero-order valence-electron chi connectivity index (χ0n) is 19.2. The highest BCUT2D eigenvalue weighted by atomic mass is 35.5. The molecular formula is C25H22Cl2N4O3S. The fraction of sp³-hybridized carbons (Fsp3) is 0.200. The van der Waals surface area contributed by atoms with Gasteiger partial charge >= 0.3 is 5.97 Å². The minimum atomic E-state index is -0.963. The summed E-state index contributed by atoms with van der Waals surface area (Å²) >= 11 is 13.3. The summed E-state index contributed by atoms with van der Waals surface area (Å²) in [5.41, 5.74) is 4.53. The van der Waals surface area contributed by atoms with Crippen LogP contribution >= 0.6 is 34.5 Å². The van der Waals surface area contributed by atoms with E-state index in [1.54, 1.807) is 54.8 Å². The molecule has 0 radical (unpaired) electrons. The molecule has 10 heteroatoms. The van der Waals surface area contributed by atoms with E-state index < -0.39 is 18.0 Å². The van der Waals surface area contributed by atoms with Crippen molar-refractivity contribution >= 4 is 51.5 Å². The standard InChI is InChI=1S/C25H22Cl2N4O3S/c1-4-21(23(32)31-25-30-20(12-35-25)17-9-10-18(26)19(27)11-17)34-24(33)16-7-5-15(6-8-16)22-28-13(2)14(3)29-22/h5-12,21H,4H2,1-3H3,(H,28,29)(H,30,31,32). The molecule has 4 rings (SSSR count). The Kier molecular flexibility index (Phi) is 7.54. The molecule has 0 spiro atoms. The van der Waals surface area contributed by atoms with Crippen LogP contribution in [0.2, 0.25) is 10.0 Å². The number of carbonyl (C=O) groups is 2. The number of aromatic nitrogens is 3. The van der Waals surface area contributed by atoms with E-state index in [9.17, 15) is 9.59 Å². The van der Waals surface area contributed by atoms with Crippen LogP contribution in [0.25, 0.3) is 22.6 Å². The molecule has 1 atom stereocenters. The Balaban J connectivity index is 1.40. The number of nitrogens with zero attached hydrogens (tertiary/aromatic N) is 2. The second-order valence-corrected chi connectivity index (χ2v) is 9.50. The molecule has 2 N–H and O–H groups in total. The van der Waals surface area contributed by atoms with Gasteiger partial charge in [-0.15, -0.1) is 11.3 Å². The van der Waals surface area contributed by atoms with Gasteiger partial charge in [-0.1, -0.05) is 48.3 Å². The highest BCUT2D eigenvalue weighted by molar-refractivity contribution is 7.14. The van der Waals surface area contributed by atoms with Gasteiger partial charge in [0.15, 0.2) is 11.2 Å². The van der Waals surface area contributed by atoms with Crippen LogP contribution in [0.5, 0.6) is 0 Å². The van der Waals surface area contributed by atoms with Crippen LogP contribution in [0, 0.1) is 13.8 Å². The van der Waals surface area contributed by atoms with Gasteiger partial charge in [-0.05, 0) is 44.5 Å². The van der Waals surface area contributed by atoms with Crippen molar-refractivity contribution in [3.8, 4) is 22.6 Å². The van der Waals surface area contributed by atoms with Gasteiger partial charge in [-0.25, -0.2) is 14.8 Å². The number of imidazole rings is 1. The first-order valence-electron chi connectivity index (χ1n) is 10.8. The third-order valence-corrected chi connectivity index (χ3v) is 6.88. The zero-order chi connectivity index (χ0) is 25.1. The van der Waals surface area contributed by atoms with Gasteiger partial charge < -0.3 is 9.72 Å². The van der Waals surface area contributed by atoms with Crippen LogP contribution in [0.1, 0.15) is 35.1 Å². The third-order valence-electron chi connectivity index (χ3n) is 5.38. The molecule has 7 nitrogen and oxygen atoms in total. The summed E-state index contributed by atoms with van der Waals surface area (Å²) in [7, 11) is 0. The molecule has 0 aliphatic rings. The van der Waals surface area contributed by atoms with Crippen molar-refractivity contribution in [3.05, 3.63) is 74.8 Å². The number of amides is 1. The normalized spacial score (nSPS) is 11.8. The van der Waals surface area contributed by atoms with E-state index in [2.05, 4.69) is 20.3 Å². The summed E-state index contributed by atoms with van der Waals surface area (Å²) in [5.74, 6) is -0.301. The number of carbonyl (C=O) groups excluding carboxylic acids is 2. The molecule has 0 fully saturated rings. The number of aromatic amines is 1. The molecular weight excluding hydrogens is 507 g/mol. The SMILES string of the molecule is CCC(OC(=O)c1ccc(-c2nc(C)c(C)[nH]2)cc1)C(=O)Nc1nc(-c2ccc(Cl)c(Cl)c2)cs1. The fourth-order valence-electron chi connectivity index (χ4n) is 3.27. The molecule has 2 aromatic carbocycles. The number of esters is 1. The topological polar surface area (TPSA) is 97.0 Å². The van der Waals surface area contributed by atoms with Crippen LogP contribution < -0.4 is 5.32 Å². The minimum Gasteiger partial charge on any atom is -0.449 e. The van der Waals surface area contributed by atoms with Crippen molar-refractivity contribution in [2.75, 3.05) is 5.32 Å². The van der Waals surface area contributed by atoms with E-state index in [0.717, 1.165) is 28.3 Å². The van der Waals surface area contributed by atoms with Gasteiger partial charge in [0.05, 0.1) is 27.0 Å². The maximum absolute atomic E-state index is 12.8. The molecule has 35 heavy (non-hydrogen) atoms. The third kappa shape index (κ3) is 5.73. The largest absolute Gasteiger partial charge is 0.449 e. The average molecular weight is 529 g/mol. The first-order valence-corrected chi connectivity index (χ1v) is 12.4. The molecule has 2 heterocycles. The maximum atomic E-state index is 12.8. The summed E-state index contributed by atoms with van der Waals surface area (Å²) in [4.78, 5) is 37.5. The Morgan fingerprint density at radius 1 is 1.06 bits per heavy atom. The first-order chi connectivity index (χ1) is 16.7. The molecule has 0 saturated heterocycles. The molecule has 180 valence electrons. The van der Waals surface area contributed by atoms with Crippen molar-refractivity contribution in [1.29, 1.82) is 0 Å². The summed E-state index contributed by atoms with van der Waals surface area (Å²) in [5, 5.41) is 5.78. The maximum Gasteiger partial charge on any atom is 0.338 e. The van der Waals surface area contributed by atoms with Crippen molar-refractivity contribution in [2.45, 2.75) is 33.3 Å². The number of hydrogen-bond donors (Lipinski definition) is 2. The van der Waals surface area contributed by atoms with Gasteiger partial charge in [-0.3, -0.25) is 10.1 Å². The van der Waals surface area contributed by atoms with E-state index in [4.69, 9.17) is 27.9 Å². The predicted octanol–water partition coefficient (Wildman–Crippen LogP) is 6.70. The van der Waals surface area contributed by atoms with Crippen molar-refractivity contribution in [1.82, 2.24) is 15.0 Å². The van der Waals surface area contributed by atoms with Crippen LogP contribution in [-0.2, 0) is 9.53 Å². The Labute approximate surface area is 216 Å². The number of ether oxygens (including phenoxy) is 1. The number of anilines is 1. The molecule has 1 amide bonds. The predicted molar refractivity (Wildman–Crippen MR) is 139 cm³/mol. The van der Waals surface area contributed by atoms with E-state index in [1.165, 1.54) is 11.3 Å². The molecule has 4 aromatic rings. The van der Waals surface area contributed by atoms with Crippen LogP contribution in [0.3, 0.4) is 0 Å². The second-order valence-electron chi connectivity index (χ2n) is 7.83. The number of hydrogen-bond acceptors (Lipinski definition) is 6. The van der Waals surface area contributed by atoms with Gasteiger partial charge in [0.25, 0.3) is 5.91 Å². The molecule has 2 aromatic heterocycles. The van der Waals surface area contributed by atoms with Gasteiger partial charge in [0.1, 0.15) is 5.82 Å². The zero-order valence-corrected chi connectivity index (χ0v) is 21.5. The van der Waals surface area contributed by atoms with E-state index in [0.29, 0.717) is 32.9 Å². The van der Waals surface area contributed by atoms with Crippen LogP contribution in [0.15, 0.2) is 47.8 Å². The Hall–Kier alpha value is -3.20. The Bertz CT molecular complexity index is 1360.